The van der Waals surface area contributed by atoms with E-state index < -0.39 is 11.9 Å². The average Bonchev–Trinajstić information content (AvgIpc) is 3.31. The molecule has 62 heavy (non-hydrogen) atoms. The van der Waals surface area contributed by atoms with E-state index in [1.807, 2.05) is 72.8 Å². The van der Waals surface area contributed by atoms with Crippen LogP contribution in [0.2, 0.25) is 0 Å². The highest BCUT2D eigenvalue weighted by molar-refractivity contribution is 6.04. The Morgan fingerprint density at radius 1 is 0.435 bits per heavy atom. The topological polar surface area (TPSA) is 96.8 Å². The molecular weight excluding hydrogens is 773 g/mol. The molecule has 0 aliphatic carbocycles. The molecule has 0 aliphatic heterocycles. The minimum atomic E-state index is -0.530. The van der Waals surface area contributed by atoms with Gasteiger partial charge in [0.25, 0.3) is 0 Å². The highest BCUT2D eigenvalue weighted by Gasteiger charge is 2.20. The molecule has 4 aromatic carbocycles. The summed E-state index contributed by atoms with van der Waals surface area (Å²) in [6, 6.07) is 29.2. The number of carbonyl (C=O) groups is 2. The van der Waals surface area contributed by atoms with Crippen LogP contribution in [0.25, 0.3) is 35.1 Å². The molecule has 0 spiro atoms. The zero-order chi connectivity index (χ0) is 43.2. The van der Waals surface area contributed by atoms with E-state index in [-0.39, 0.29) is 0 Å². The molecule has 2 heterocycles. The van der Waals surface area contributed by atoms with Crippen LogP contribution in [-0.4, -0.2) is 35.1 Å². The molecule has 0 atom stereocenters. The maximum absolute atomic E-state index is 13.9. The number of unbranched alkanes of at least 4 members (excludes halogenated alkanes) is 10. The monoisotopic (exact) mass is 830 g/mol. The zero-order valence-corrected chi connectivity index (χ0v) is 36.1. The minimum absolute atomic E-state index is 0.329. The van der Waals surface area contributed by atoms with Crippen LogP contribution in [0.15, 0.2) is 122 Å². The molecule has 6 aromatic rings. The van der Waals surface area contributed by atoms with Gasteiger partial charge in [-0.1, -0.05) is 114 Å². The number of ether oxygens (including phenoxy) is 4. The molecule has 0 N–H and O–H groups in total. The molecule has 8 nitrogen and oxygen atoms in total. The van der Waals surface area contributed by atoms with E-state index in [1.54, 1.807) is 73.3 Å². The predicted molar refractivity (Wildman–Crippen MR) is 251 cm³/mol. The van der Waals surface area contributed by atoms with Gasteiger partial charge in [-0.3, -0.25) is 9.97 Å². The fourth-order valence-corrected chi connectivity index (χ4v) is 7.02. The van der Waals surface area contributed by atoms with Crippen LogP contribution >= 0.6 is 0 Å². The molecule has 320 valence electrons. The zero-order valence-electron chi connectivity index (χ0n) is 36.1. The van der Waals surface area contributed by atoms with Crippen molar-refractivity contribution in [3.05, 3.63) is 155 Å². The number of hydrogen-bond donors (Lipinski definition) is 0. The van der Waals surface area contributed by atoms with Gasteiger partial charge in [0.05, 0.1) is 24.3 Å². The summed E-state index contributed by atoms with van der Waals surface area (Å²) in [4.78, 5) is 36.1. The van der Waals surface area contributed by atoms with Crippen LogP contribution in [-0.2, 0) is 0 Å². The summed E-state index contributed by atoms with van der Waals surface area (Å²) in [6.45, 7) is 5.69. The molecule has 0 fully saturated rings. The van der Waals surface area contributed by atoms with Crippen molar-refractivity contribution in [1.29, 1.82) is 0 Å². The summed E-state index contributed by atoms with van der Waals surface area (Å²) in [5.74, 6) is 1.01. The quantitative estimate of drug-likeness (QED) is 0.0338. The van der Waals surface area contributed by atoms with Crippen molar-refractivity contribution in [3.63, 3.8) is 0 Å². The normalized spacial score (nSPS) is 11.3. The molecule has 6 rings (SSSR count). The first-order chi connectivity index (χ1) is 30.5. The van der Waals surface area contributed by atoms with E-state index in [9.17, 15) is 9.59 Å². The van der Waals surface area contributed by atoms with Gasteiger partial charge in [0, 0.05) is 46.7 Å². The Morgan fingerprint density at radius 3 is 1.19 bits per heavy atom. The Labute approximate surface area is 366 Å². The van der Waals surface area contributed by atoms with E-state index in [4.69, 9.17) is 18.9 Å². The third-order valence-corrected chi connectivity index (χ3v) is 10.6. The van der Waals surface area contributed by atoms with Crippen molar-refractivity contribution in [3.8, 4) is 23.0 Å². The second-order valence-electron chi connectivity index (χ2n) is 15.4. The largest absolute Gasteiger partial charge is 0.494 e. The lowest BCUT2D eigenvalue weighted by molar-refractivity contribution is 0.0725. The lowest BCUT2D eigenvalue weighted by Gasteiger charge is -2.16. The Morgan fingerprint density at radius 2 is 0.806 bits per heavy atom. The number of fused-ring (bicyclic) bond motifs is 1. The molecule has 8 heteroatoms. The lowest BCUT2D eigenvalue weighted by Crippen LogP contribution is -2.11. The third kappa shape index (κ3) is 13.7. The molecule has 2 aromatic heterocycles. The highest BCUT2D eigenvalue weighted by Crippen LogP contribution is 2.40. The Hall–Kier alpha value is -6.54. The van der Waals surface area contributed by atoms with Crippen LogP contribution in [0.4, 0.5) is 0 Å². The summed E-state index contributed by atoms with van der Waals surface area (Å²) < 4.78 is 24.5. The first-order valence-electron chi connectivity index (χ1n) is 22.2. The van der Waals surface area contributed by atoms with Gasteiger partial charge in [-0.15, -0.1) is 0 Å². The number of pyridine rings is 2. The van der Waals surface area contributed by atoms with E-state index in [0.717, 1.165) is 36.8 Å². The number of benzene rings is 4. The van der Waals surface area contributed by atoms with Gasteiger partial charge >= 0.3 is 11.9 Å². The molecule has 0 saturated carbocycles. The number of esters is 2. The number of hydrogen-bond acceptors (Lipinski definition) is 8. The van der Waals surface area contributed by atoms with Crippen molar-refractivity contribution in [2.24, 2.45) is 0 Å². The molecule has 0 aliphatic rings. The van der Waals surface area contributed by atoms with E-state index in [1.165, 1.54) is 51.4 Å². The molecule has 0 radical (unpaired) electrons. The van der Waals surface area contributed by atoms with Crippen molar-refractivity contribution >= 4 is 47.0 Å². The summed E-state index contributed by atoms with van der Waals surface area (Å²) in [7, 11) is 0. The number of carbonyl (C=O) groups excluding carboxylic acids is 2. The second kappa shape index (κ2) is 24.7. The number of nitrogens with zero attached hydrogens (tertiary/aromatic N) is 2. The standard InChI is InChI=1S/C54H58N2O6/c1-3-5-7-9-11-13-39-59-47-25-19-45(20-26-47)53(57)61-51-43(17-15-41-31-35-55-36-32-41)23-30-50-49(51)29-24-44(18-16-42-33-37-56-38-34-42)52(50)62-54(58)46-21-27-48(28-22-46)60-40-14-12-10-8-6-4-2/h15-38H,3-14,39-40H2,1-2H3/b17-15+,18-16+. The van der Waals surface area contributed by atoms with Gasteiger partial charge in [-0.25, -0.2) is 9.59 Å². The Balaban J connectivity index is 1.28. The van der Waals surface area contributed by atoms with E-state index >= 15 is 0 Å². The molecule has 0 bridgehead atoms. The minimum Gasteiger partial charge on any atom is -0.494 e. The third-order valence-electron chi connectivity index (χ3n) is 10.6. The smallest absolute Gasteiger partial charge is 0.343 e. The first kappa shape index (κ1) is 45.0. The van der Waals surface area contributed by atoms with E-state index in [2.05, 4.69) is 23.8 Å². The van der Waals surface area contributed by atoms with Crippen LogP contribution < -0.4 is 18.9 Å². The maximum Gasteiger partial charge on any atom is 0.343 e. The van der Waals surface area contributed by atoms with Crippen LogP contribution in [0.5, 0.6) is 23.0 Å². The van der Waals surface area contributed by atoms with Gasteiger partial charge in [0.15, 0.2) is 0 Å². The van der Waals surface area contributed by atoms with Crippen LogP contribution in [0, 0.1) is 0 Å². The van der Waals surface area contributed by atoms with Gasteiger partial charge in [0.2, 0.25) is 0 Å². The van der Waals surface area contributed by atoms with Gasteiger partial charge in [0.1, 0.15) is 23.0 Å². The molecule has 0 saturated heterocycles. The van der Waals surface area contributed by atoms with Gasteiger partial charge in [-0.2, -0.15) is 0 Å². The fourth-order valence-electron chi connectivity index (χ4n) is 7.02. The molecular formula is C54H58N2O6. The van der Waals surface area contributed by atoms with Crippen molar-refractivity contribution in [2.75, 3.05) is 13.2 Å². The summed E-state index contributed by atoms with van der Waals surface area (Å²) in [5, 5.41) is 1.19. The first-order valence-corrected chi connectivity index (χ1v) is 22.2. The fraction of sp³-hybridized carbons (Fsp3) is 0.296. The summed E-state index contributed by atoms with van der Waals surface area (Å²) in [5.41, 5.74) is 3.94. The summed E-state index contributed by atoms with van der Waals surface area (Å²) >= 11 is 0. The molecule has 0 unspecified atom stereocenters. The van der Waals surface area contributed by atoms with Crippen LogP contribution in [0.1, 0.15) is 134 Å². The predicted octanol–water partition coefficient (Wildman–Crippen LogP) is 13.9. The average molecular weight is 831 g/mol. The van der Waals surface area contributed by atoms with Crippen molar-refractivity contribution in [1.82, 2.24) is 9.97 Å². The Kier molecular flexibility index (Phi) is 17.9. The van der Waals surface area contributed by atoms with E-state index in [0.29, 0.717) is 69.2 Å². The van der Waals surface area contributed by atoms with Gasteiger partial charge < -0.3 is 18.9 Å². The Bertz CT molecular complexity index is 2190. The van der Waals surface area contributed by atoms with Crippen molar-refractivity contribution in [2.45, 2.75) is 90.9 Å². The lowest BCUT2D eigenvalue weighted by atomic mass is 9.99. The number of aromatic nitrogens is 2. The second-order valence-corrected chi connectivity index (χ2v) is 15.4. The maximum atomic E-state index is 13.9. The summed E-state index contributed by atoms with van der Waals surface area (Å²) in [6.07, 6.45) is 28.7. The van der Waals surface area contributed by atoms with Gasteiger partial charge in [-0.05, 0) is 109 Å². The van der Waals surface area contributed by atoms with Crippen LogP contribution in [0.3, 0.4) is 0 Å². The number of rotatable bonds is 24. The van der Waals surface area contributed by atoms with Crippen molar-refractivity contribution < 1.29 is 28.5 Å². The SMILES string of the molecule is CCCCCCCCOc1ccc(C(=O)Oc2c(/C=C/c3ccncc3)ccc3c(OC(=O)c4ccc(OCCCCCCCC)cc4)c(/C=C/c4ccncc4)ccc23)cc1. The molecule has 0 amide bonds. The highest BCUT2D eigenvalue weighted by atomic mass is 16.5.